The molecule has 112 valence electrons. The quantitative estimate of drug-likeness (QED) is 0.893. The molecule has 1 aliphatic heterocycles. The van der Waals surface area contributed by atoms with Crippen molar-refractivity contribution < 1.29 is 13.2 Å². The summed E-state index contributed by atoms with van der Waals surface area (Å²) in [4.78, 5) is 0. The summed E-state index contributed by atoms with van der Waals surface area (Å²) in [5.41, 5.74) is -1.20. The molecule has 1 N–H and O–H groups in total. The van der Waals surface area contributed by atoms with E-state index in [1.54, 1.807) is 41.1 Å². The second-order valence-electron chi connectivity index (χ2n) is 5.22. The number of aromatic nitrogens is 1. The summed E-state index contributed by atoms with van der Waals surface area (Å²) in [6, 6.07) is 9.70. The molecule has 1 aliphatic rings. The van der Waals surface area contributed by atoms with Crippen LogP contribution in [0.2, 0.25) is 5.02 Å². The third kappa shape index (κ3) is 2.45. The van der Waals surface area contributed by atoms with E-state index in [-0.39, 0.29) is 18.7 Å². The second-order valence-corrected chi connectivity index (χ2v) is 5.66. The number of benzene rings is 1. The topological polar surface area (TPSA) is 17.0 Å². The zero-order valence-corrected chi connectivity index (χ0v) is 11.9. The molecule has 3 rings (SSSR count). The van der Waals surface area contributed by atoms with Gasteiger partial charge in [-0.25, -0.2) is 0 Å². The average molecular weight is 315 g/mol. The Morgan fingerprint density at radius 3 is 2.57 bits per heavy atom. The smallest absolute Gasteiger partial charge is 0.348 e. The summed E-state index contributed by atoms with van der Waals surface area (Å²) in [7, 11) is 0. The van der Waals surface area contributed by atoms with Crippen LogP contribution in [0.3, 0.4) is 0 Å². The Morgan fingerprint density at radius 1 is 1.19 bits per heavy atom. The maximum absolute atomic E-state index is 13.8. The second kappa shape index (κ2) is 5.07. The molecule has 21 heavy (non-hydrogen) atoms. The third-order valence-corrected chi connectivity index (χ3v) is 4.16. The molecular weight excluding hydrogens is 301 g/mol. The van der Waals surface area contributed by atoms with Crippen molar-refractivity contribution in [2.24, 2.45) is 0 Å². The highest BCUT2D eigenvalue weighted by molar-refractivity contribution is 6.30. The number of halogens is 4. The van der Waals surface area contributed by atoms with Crippen LogP contribution in [-0.2, 0) is 18.5 Å². The molecular formula is C15H14ClF3N2. The van der Waals surface area contributed by atoms with Crippen LogP contribution in [0.25, 0.3) is 0 Å². The summed E-state index contributed by atoms with van der Waals surface area (Å²) < 4.78 is 43.1. The first-order valence-electron chi connectivity index (χ1n) is 6.64. The van der Waals surface area contributed by atoms with Gasteiger partial charge < -0.3 is 4.57 Å². The third-order valence-electron chi connectivity index (χ3n) is 3.91. The Hall–Kier alpha value is -1.46. The Morgan fingerprint density at radius 2 is 1.90 bits per heavy atom. The molecule has 0 saturated heterocycles. The molecule has 0 spiro atoms. The van der Waals surface area contributed by atoms with Gasteiger partial charge in [0, 0.05) is 36.4 Å². The minimum atomic E-state index is -4.39. The fourth-order valence-electron chi connectivity index (χ4n) is 2.88. The van der Waals surface area contributed by atoms with Gasteiger partial charge in [-0.05, 0) is 29.8 Å². The lowest BCUT2D eigenvalue weighted by Crippen LogP contribution is -2.59. The van der Waals surface area contributed by atoms with Crippen LogP contribution in [0.5, 0.6) is 0 Å². The maximum Gasteiger partial charge on any atom is 0.412 e. The standard InChI is InChI=1S/C15H14ClF3N2/c16-12-5-3-11(4-6-12)10-14(15(17,18)19)13-2-1-8-21(13)9-7-20-14/h1-6,8,20H,7,9-10H2. The van der Waals surface area contributed by atoms with Gasteiger partial charge in [0.25, 0.3) is 0 Å². The number of fused-ring (bicyclic) bond motifs is 1. The first-order valence-corrected chi connectivity index (χ1v) is 7.02. The molecule has 0 fully saturated rings. The maximum atomic E-state index is 13.8. The van der Waals surface area contributed by atoms with Crippen LogP contribution in [-0.4, -0.2) is 17.3 Å². The predicted octanol–water partition coefficient (Wildman–Crippen LogP) is 3.75. The fraction of sp³-hybridized carbons (Fsp3) is 0.333. The van der Waals surface area contributed by atoms with E-state index in [0.29, 0.717) is 17.1 Å². The zero-order valence-electron chi connectivity index (χ0n) is 11.1. The van der Waals surface area contributed by atoms with Gasteiger partial charge in [0.2, 0.25) is 0 Å². The van der Waals surface area contributed by atoms with Crippen molar-refractivity contribution in [2.45, 2.75) is 24.7 Å². The molecule has 2 aromatic rings. The van der Waals surface area contributed by atoms with Crippen molar-refractivity contribution in [2.75, 3.05) is 6.54 Å². The zero-order chi connectivity index (χ0) is 15.1. The summed E-state index contributed by atoms with van der Waals surface area (Å²) in [6.45, 7) is 0.829. The van der Waals surface area contributed by atoms with Crippen LogP contribution >= 0.6 is 11.6 Å². The average Bonchev–Trinajstić information content (AvgIpc) is 2.89. The number of rotatable bonds is 2. The van der Waals surface area contributed by atoms with E-state index in [9.17, 15) is 13.2 Å². The minimum Gasteiger partial charge on any atom is -0.348 e. The molecule has 0 saturated carbocycles. The van der Waals surface area contributed by atoms with Gasteiger partial charge in [-0.2, -0.15) is 13.2 Å². The van der Waals surface area contributed by atoms with E-state index >= 15 is 0 Å². The summed E-state index contributed by atoms with van der Waals surface area (Å²) >= 11 is 5.80. The van der Waals surface area contributed by atoms with Crippen LogP contribution in [0, 0.1) is 0 Å². The number of hydrogen-bond donors (Lipinski definition) is 1. The summed E-state index contributed by atoms with van der Waals surface area (Å²) in [5.74, 6) is 0. The molecule has 1 aromatic carbocycles. The molecule has 1 unspecified atom stereocenters. The number of nitrogens with zero attached hydrogens (tertiary/aromatic N) is 1. The Kier molecular flexibility index (Phi) is 3.50. The summed E-state index contributed by atoms with van der Waals surface area (Å²) in [5, 5.41) is 3.21. The molecule has 0 amide bonds. The SMILES string of the molecule is FC(F)(F)C1(Cc2ccc(Cl)cc2)NCCn2cccc21. The van der Waals surface area contributed by atoms with E-state index in [2.05, 4.69) is 5.32 Å². The largest absolute Gasteiger partial charge is 0.412 e. The molecule has 0 radical (unpaired) electrons. The van der Waals surface area contributed by atoms with E-state index in [4.69, 9.17) is 11.6 Å². The van der Waals surface area contributed by atoms with Crippen molar-refractivity contribution >= 4 is 11.6 Å². The van der Waals surface area contributed by atoms with Gasteiger partial charge in [0.05, 0.1) is 0 Å². The Bertz CT molecular complexity index is 633. The highest BCUT2D eigenvalue weighted by Gasteiger charge is 2.57. The van der Waals surface area contributed by atoms with Gasteiger partial charge in [-0.15, -0.1) is 0 Å². The predicted molar refractivity (Wildman–Crippen MR) is 75.3 cm³/mol. The van der Waals surface area contributed by atoms with Crippen LogP contribution in [0.15, 0.2) is 42.6 Å². The lowest BCUT2D eigenvalue weighted by molar-refractivity contribution is -0.205. The molecule has 0 bridgehead atoms. The monoisotopic (exact) mass is 314 g/mol. The Labute approximate surface area is 125 Å². The van der Waals surface area contributed by atoms with Crippen LogP contribution < -0.4 is 5.32 Å². The normalized spacial score (nSPS) is 22.1. The summed E-state index contributed by atoms with van der Waals surface area (Å²) in [6.07, 6.45) is -2.85. The highest BCUT2D eigenvalue weighted by atomic mass is 35.5. The molecule has 2 nitrogen and oxygen atoms in total. The van der Waals surface area contributed by atoms with E-state index < -0.39 is 11.7 Å². The van der Waals surface area contributed by atoms with Crippen molar-refractivity contribution in [1.82, 2.24) is 9.88 Å². The van der Waals surface area contributed by atoms with E-state index in [1.807, 2.05) is 0 Å². The molecule has 1 atom stereocenters. The lowest BCUT2D eigenvalue weighted by atomic mass is 9.85. The minimum absolute atomic E-state index is 0.155. The number of hydrogen-bond acceptors (Lipinski definition) is 1. The van der Waals surface area contributed by atoms with E-state index in [1.165, 1.54) is 6.07 Å². The molecule has 2 heterocycles. The first kappa shape index (κ1) is 14.5. The molecule has 1 aromatic heterocycles. The Balaban J connectivity index is 2.06. The van der Waals surface area contributed by atoms with E-state index in [0.717, 1.165) is 0 Å². The molecule has 6 heteroatoms. The van der Waals surface area contributed by atoms with Crippen LogP contribution in [0.4, 0.5) is 13.2 Å². The number of alkyl halides is 3. The van der Waals surface area contributed by atoms with Gasteiger partial charge in [0.1, 0.15) is 0 Å². The van der Waals surface area contributed by atoms with Crippen molar-refractivity contribution in [1.29, 1.82) is 0 Å². The van der Waals surface area contributed by atoms with Gasteiger partial charge in [-0.3, -0.25) is 5.32 Å². The van der Waals surface area contributed by atoms with Gasteiger partial charge in [0.15, 0.2) is 5.54 Å². The van der Waals surface area contributed by atoms with Crippen molar-refractivity contribution in [3.8, 4) is 0 Å². The fourth-order valence-corrected chi connectivity index (χ4v) is 3.01. The number of nitrogens with one attached hydrogen (secondary N) is 1. The van der Waals surface area contributed by atoms with Crippen molar-refractivity contribution in [3.05, 3.63) is 58.9 Å². The van der Waals surface area contributed by atoms with Crippen molar-refractivity contribution in [3.63, 3.8) is 0 Å². The lowest BCUT2D eigenvalue weighted by Gasteiger charge is -2.41. The van der Waals surface area contributed by atoms with Gasteiger partial charge in [-0.1, -0.05) is 23.7 Å². The van der Waals surface area contributed by atoms with Crippen LogP contribution in [0.1, 0.15) is 11.3 Å². The first-order chi connectivity index (χ1) is 9.92. The van der Waals surface area contributed by atoms with Gasteiger partial charge >= 0.3 is 6.18 Å². The molecule has 0 aliphatic carbocycles. The highest BCUT2D eigenvalue weighted by Crippen LogP contribution is 2.43.